The van der Waals surface area contributed by atoms with E-state index in [0.29, 0.717) is 25.1 Å². The fourth-order valence-electron chi connectivity index (χ4n) is 3.33. The number of sulfonamides is 1. The summed E-state index contributed by atoms with van der Waals surface area (Å²) in [6, 6.07) is 19.3. The van der Waals surface area contributed by atoms with E-state index in [-0.39, 0.29) is 16.4 Å². The van der Waals surface area contributed by atoms with Gasteiger partial charge in [-0.2, -0.15) is 0 Å². The number of nitrogens with one attached hydrogen (secondary N) is 1. The lowest BCUT2D eigenvalue weighted by Gasteiger charge is -2.25. The van der Waals surface area contributed by atoms with Crippen LogP contribution in [0.5, 0.6) is 5.75 Å². The minimum atomic E-state index is -4.02. The molecule has 0 aliphatic heterocycles. The van der Waals surface area contributed by atoms with Crippen molar-refractivity contribution in [2.75, 3.05) is 24.5 Å². The fourth-order valence-corrected chi connectivity index (χ4v) is 4.76. The smallest absolute Gasteiger partial charge is 0.264 e. The summed E-state index contributed by atoms with van der Waals surface area (Å²) in [7, 11) is -2.57. The van der Waals surface area contributed by atoms with E-state index < -0.39 is 22.5 Å². The van der Waals surface area contributed by atoms with Crippen molar-refractivity contribution in [3.8, 4) is 5.75 Å². The van der Waals surface area contributed by atoms with Crippen LogP contribution in [0.3, 0.4) is 0 Å². The van der Waals surface area contributed by atoms with E-state index in [0.717, 1.165) is 15.4 Å². The van der Waals surface area contributed by atoms with Gasteiger partial charge in [0.05, 0.1) is 17.7 Å². The van der Waals surface area contributed by atoms with Gasteiger partial charge in [-0.15, -0.1) is 0 Å². The summed E-state index contributed by atoms with van der Waals surface area (Å²) in [5.74, 6) is -0.383. The van der Waals surface area contributed by atoms with Crippen LogP contribution in [0.15, 0.2) is 77.7 Å². The van der Waals surface area contributed by atoms with Gasteiger partial charge < -0.3 is 10.1 Å². The van der Waals surface area contributed by atoms with Crippen LogP contribution >= 0.6 is 0 Å². The average molecular weight is 471 g/mol. The zero-order valence-electron chi connectivity index (χ0n) is 18.6. The second kappa shape index (κ2) is 11.0. The molecule has 0 aliphatic rings. The van der Waals surface area contributed by atoms with Crippen LogP contribution in [0.4, 0.5) is 10.1 Å². The fraction of sp³-hybridized carbons (Fsp3) is 0.240. The standard InChI is InChI=1S/C25H27FN2O4S/c1-19-9-15-22(16-10-19)33(30,31)28(23-7-3-4-8-24(23)32-2)18-25(29)27-17-5-6-20-11-13-21(26)14-12-20/h3-4,7-16H,5-6,17-18H2,1-2H3,(H,27,29). The van der Waals surface area contributed by atoms with Crippen LogP contribution in [-0.4, -0.2) is 34.5 Å². The molecule has 0 aliphatic carbocycles. The maximum absolute atomic E-state index is 13.4. The molecule has 33 heavy (non-hydrogen) atoms. The van der Waals surface area contributed by atoms with E-state index in [2.05, 4.69) is 5.32 Å². The Morgan fingerprint density at radius 1 is 1.00 bits per heavy atom. The first kappa shape index (κ1) is 24.3. The number of amides is 1. The first-order valence-corrected chi connectivity index (χ1v) is 12.0. The van der Waals surface area contributed by atoms with E-state index in [9.17, 15) is 17.6 Å². The molecule has 3 aromatic rings. The van der Waals surface area contributed by atoms with Crippen molar-refractivity contribution in [1.29, 1.82) is 0 Å². The SMILES string of the molecule is COc1ccccc1N(CC(=O)NCCCc1ccc(F)cc1)S(=O)(=O)c1ccc(C)cc1. The van der Waals surface area contributed by atoms with Crippen molar-refractivity contribution in [2.45, 2.75) is 24.7 Å². The summed E-state index contributed by atoms with van der Waals surface area (Å²) in [5, 5.41) is 2.77. The summed E-state index contributed by atoms with van der Waals surface area (Å²) in [5.41, 5.74) is 2.17. The molecule has 0 saturated heterocycles. The van der Waals surface area contributed by atoms with Crippen LogP contribution in [0.25, 0.3) is 0 Å². The predicted octanol–water partition coefficient (Wildman–Crippen LogP) is 4.09. The quantitative estimate of drug-likeness (QED) is 0.453. The highest BCUT2D eigenvalue weighted by Gasteiger charge is 2.29. The Bertz CT molecular complexity index is 1180. The summed E-state index contributed by atoms with van der Waals surface area (Å²) in [4.78, 5) is 12.8. The van der Waals surface area contributed by atoms with Crippen molar-refractivity contribution < 1.29 is 22.3 Å². The molecule has 0 radical (unpaired) electrons. The Morgan fingerprint density at radius 3 is 2.33 bits per heavy atom. The molecule has 1 amide bonds. The van der Waals surface area contributed by atoms with Crippen LogP contribution < -0.4 is 14.4 Å². The number of benzene rings is 3. The lowest BCUT2D eigenvalue weighted by molar-refractivity contribution is -0.119. The number of hydrogen-bond donors (Lipinski definition) is 1. The van der Waals surface area contributed by atoms with Gasteiger partial charge in [0.2, 0.25) is 5.91 Å². The summed E-state index contributed by atoms with van der Waals surface area (Å²) in [6.07, 6.45) is 1.30. The molecule has 0 saturated carbocycles. The number of hydrogen-bond acceptors (Lipinski definition) is 4. The van der Waals surface area contributed by atoms with Crippen molar-refractivity contribution in [1.82, 2.24) is 5.32 Å². The van der Waals surface area contributed by atoms with Gasteiger partial charge in [-0.3, -0.25) is 9.10 Å². The zero-order valence-corrected chi connectivity index (χ0v) is 19.4. The maximum atomic E-state index is 13.4. The molecule has 8 heteroatoms. The number of halogens is 1. The predicted molar refractivity (Wildman–Crippen MR) is 126 cm³/mol. The molecule has 0 spiro atoms. The van der Waals surface area contributed by atoms with Crippen LogP contribution in [-0.2, 0) is 21.2 Å². The van der Waals surface area contributed by atoms with E-state index in [4.69, 9.17) is 4.74 Å². The van der Waals surface area contributed by atoms with Gasteiger partial charge in [0.25, 0.3) is 10.0 Å². The highest BCUT2D eigenvalue weighted by molar-refractivity contribution is 7.92. The third-order valence-electron chi connectivity index (χ3n) is 5.13. The Balaban J connectivity index is 1.74. The first-order valence-electron chi connectivity index (χ1n) is 10.5. The van der Waals surface area contributed by atoms with E-state index >= 15 is 0 Å². The normalized spacial score (nSPS) is 11.1. The number of aryl methyl sites for hydroxylation is 2. The highest BCUT2D eigenvalue weighted by Crippen LogP contribution is 2.32. The van der Waals surface area contributed by atoms with Crippen LogP contribution in [0, 0.1) is 12.7 Å². The minimum Gasteiger partial charge on any atom is -0.495 e. The number of para-hydroxylation sites is 2. The number of methoxy groups -OCH3 is 1. The van der Waals surface area contributed by atoms with Gasteiger partial charge in [0.1, 0.15) is 18.1 Å². The van der Waals surface area contributed by atoms with Gasteiger partial charge in [-0.25, -0.2) is 12.8 Å². The molecule has 0 fully saturated rings. The van der Waals surface area contributed by atoms with Crippen molar-refractivity contribution in [3.05, 3.63) is 89.7 Å². The zero-order chi connectivity index (χ0) is 23.8. The Morgan fingerprint density at radius 2 is 1.67 bits per heavy atom. The van der Waals surface area contributed by atoms with Gasteiger partial charge in [-0.05, 0) is 61.7 Å². The van der Waals surface area contributed by atoms with Crippen molar-refractivity contribution in [2.24, 2.45) is 0 Å². The van der Waals surface area contributed by atoms with Gasteiger partial charge in [0, 0.05) is 6.54 Å². The number of nitrogens with zero attached hydrogens (tertiary/aromatic N) is 1. The summed E-state index contributed by atoms with van der Waals surface area (Å²) >= 11 is 0. The molecule has 0 atom stereocenters. The molecule has 174 valence electrons. The third-order valence-corrected chi connectivity index (χ3v) is 6.90. The second-order valence-electron chi connectivity index (χ2n) is 7.58. The minimum absolute atomic E-state index is 0.0862. The summed E-state index contributed by atoms with van der Waals surface area (Å²) in [6.45, 7) is 1.83. The van der Waals surface area contributed by atoms with Crippen molar-refractivity contribution in [3.63, 3.8) is 0 Å². The molecule has 0 aromatic heterocycles. The van der Waals surface area contributed by atoms with Crippen LogP contribution in [0.1, 0.15) is 17.5 Å². The van der Waals surface area contributed by atoms with E-state index in [1.165, 1.54) is 31.4 Å². The van der Waals surface area contributed by atoms with Crippen molar-refractivity contribution >= 4 is 21.6 Å². The molecule has 3 rings (SSSR count). The largest absolute Gasteiger partial charge is 0.495 e. The number of carbonyl (C=O) groups excluding carboxylic acids is 1. The molecule has 3 aromatic carbocycles. The van der Waals surface area contributed by atoms with Gasteiger partial charge >= 0.3 is 0 Å². The molecular formula is C25H27FN2O4S. The number of carbonyl (C=O) groups is 1. The molecule has 0 heterocycles. The van der Waals surface area contributed by atoms with Gasteiger partial charge in [-0.1, -0.05) is 42.0 Å². The lowest BCUT2D eigenvalue weighted by Crippen LogP contribution is -2.41. The molecule has 0 bridgehead atoms. The molecule has 0 unspecified atom stereocenters. The number of anilines is 1. The highest BCUT2D eigenvalue weighted by atomic mass is 32.2. The Labute approximate surface area is 194 Å². The topological polar surface area (TPSA) is 75.7 Å². The van der Waals surface area contributed by atoms with Crippen LogP contribution in [0.2, 0.25) is 0 Å². The lowest BCUT2D eigenvalue weighted by atomic mass is 10.1. The molecule has 1 N–H and O–H groups in total. The van der Waals surface area contributed by atoms with Gasteiger partial charge in [0.15, 0.2) is 0 Å². The maximum Gasteiger partial charge on any atom is 0.264 e. The third kappa shape index (κ3) is 6.32. The molecular weight excluding hydrogens is 443 g/mol. The second-order valence-corrected chi connectivity index (χ2v) is 9.44. The monoisotopic (exact) mass is 470 g/mol. The first-order chi connectivity index (χ1) is 15.8. The van der Waals surface area contributed by atoms with E-state index in [1.807, 2.05) is 6.92 Å². The number of rotatable bonds is 10. The summed E-state index contributed by atoms with van der Waals surface area (Å²) < 4.78 is 46.3. The number of ether oxygens (including phenoxy) is 1. The van der Waals surface area contributed by atoms with E-state index in [1.54, 1.807) is 48.5 Å². The average Bonchev–Trinajstić information content (AvgIpc) is 2.81. The Kier molecular flexibility index (Phi) is 8.06. The molecule has 6 nitrogen and oxygen atoms in total. The Hall–Kier alpha value is -3.39.